The van der Waals surface area contributed by atoms with Crippen LogP contribution in [0.2, 0.25) is 0 Å². The largest absolute Gasteiger partial charge is 0.408 e. The summed E-state index contributed by atoms with van der Waals surface area (Å²) >= 11 is 0. The Hall–Kier alpha value is -2.62. The average molecular weight is 421 g/mol. The van der Waals surface area contributed by atoms with Gasteiger partial charge in [-0.25, -0.2) is 0 Å². The smallest absolute Gasteiger partial charge is 0.374 e. The molecule has 5 heterocycles. The minimum Gasteiger partial charge on any atom is -0.374 e. The van der Waals surface area contributed by atoms with Crippen molar-refractivity contribution in [3.63, 3.8) is 0 Å². The highest BCUT2D eigenvalue weighted by Gasteiger charge is 2.47. The summed E-state index contributed by atoms with van der Waals surface area (Å²) in [5.74, 6) is 0.537. The van der Waals surface area contributed by atoms with E-state index in [1.54, 1.807) is 18.5 Å². The van der Waals surface area contributed by atoms with E-state index in [0.29, 0.717) is 25.4 Å². The number of ether oxygens (including phenoxy) is 1. The Kier molecular flexibility index (Phi) is 4.68. The van der Waals surface area contributed by atoms with Crippen molar-refractivity contribution in [2.24, 2.45) is 0 Å². The molecule has 2 saturated heterocycles. The molecule has 3 atom stereocenters. The van der Waals surface area contributed by atoms with Crippen molar-refractivity contribution in [1.82, 2.24) is 14.5 Å². The van der Waals surface area contributed by atoms with Crippen molar-refractivity contribution in [2.75, 3.05) is 29.5 Å². The summed E-state index contributed by atoms with van der Waals surface area (Å²) in [7, 11) is 0. The molecule has 5 rings (SSSR count). The number of alkyl halides is 3. The first-order valence-corrected chi connectivity index (χ1v) is 10.1. The van der Waals surface area contributed by atoms with Gasteiger partial charge in [-0.1, -0.05) is 6.07 Å². The second kappa shape index (κ2) is 7.26. The molecular weight excluding hydrogens is 399 g/mol. The molecule has 10 heteroatoms. The minimum absolute atomic E-state index is 0.00415. The first-order chi connectivity index (χ1) is 14.4. The van der Waals surface area contributed by atoms with E-state index in [1.807, 2.05) is 11.0 Å². The third-order valence-corrected chi connectivity index (χ3v) is 6.17. The molecule has 2 unspecified atom stereocenters. The van der Waals surface area contributed by atoms with E-state index in [-0.39, 0.29) is 43.2 Å². The lowest BCUT2D eigenvalue weighted by Crippen LogP contribution is -2.53. The highest BCUT2D eigenvalue weighted by atomic mass is 19.4. The molecule has 2 aromatic rings. The van der Waals surface area contributed by atoms with Crippen molar-refractivity contribution in [3.05, 3.63) is 46.5 Å². The first kappa shape index (κ1) is 19.3. The van der Waals surface area contributed by atoms with Crippen molar-refractivity contribution >= 4 is 11.8 Å². The SMILES string of the molecule is O=c1cc(N2CC3CC2CO3)nc2n1CC[C@@H](C(F)(F)F)N2CCc1cccnc1. The molecule has 0 aliphatic carbocycles. The van der Waals surface area contributed by atoms with Crippen molar-refractivity contribution < 1.29 is 17.9 Å². The quantitative estimate of drug-likeness (QED) is 0.753. The van der Waals surface area contributed by atoms with E-state index >= 15 is 0 Å². The number of pyridine rings is 1. The van der Waals surface area contributed by atoms with Gasteiger partial charge in [-0.05, 0) is 30.9 Å². The maximum Gasteiger partial charge on any atom is 0.408 e. The normalized spacial score (nSPS) is 25.6. The summed E-state index contributed by atoms with van der Waals surface area (Å²) in [4.78, 5) is 24.6. The topological polar surface area (TPSA) is 63.5 Å². The van der Waals surface area contributed by atoms with Gasteiger partial charge >= 0.3 is 6.18 Å². The molecule has 2 fully saturated rings. The number of halogens is 3. The van der Waals surface area contributed by atoms with Crippen LogP contribution >= 0.6 is 0 Å². The maximum atomic E-state index is 13.8. The Morgan fingerprint density at radius 2 is 2.17 bits per heavy atom. The van der Waals surface area contributed by atoms with Crippen LogP contribution in [0, 0.1) is 0 Å². The Bertz CT molecular complexity index is 981. The van der Waals surface area contributed by atoms with E-state index in [9.17, 15) is 18.0 Å². The summed E-state index contributed by atoms with van der Waals surface area (Å²) in [6.07, 6.45) is 0.0175. The van der Waals surface area contributed by atoms with E-state index in [2.05, 4.69) is 9.97 Å². The minimum atomic E-state index is -4.41. The molecule has 2 bridgehead atoms. The zero-order valence-electron chi connectivity index (χ0n) is 16.3. The number of morpholine rings is 1. The second-order valence-electron chi connectivity index (χ2n) is 8.05. The summed E-state index contributed by atoms with van der Waals surface area (Å²) in [5, 5.41) is 0. The molecule has 0 spiro atoms. The molecule has 30 heavy (non-hydrogen) atoms. The summed E-state index contributed by atoms with van der Waals surface area (Å²) in [6.45, 7) is 1.27. The monoisotopic (exact) mass is 421 g/mol. The molecule has 2 aromatic heterocycles. The van der Waals surface area contributed by atoms with E-state index < -0.39 is 12.2 Å². The van der Waals surface area contributed by atoms with Gasteiger partial charge in [0.05, 0.1) is 18.8 Å². The molecule has 0 radical (unpaired) electrons. The van der Waals surface area contributed by atoms with Crippen LogP contribution in [-0.2, 0) is 17.7 Å². The van der Waals surface area contributed by atoms with Crippen LogP contribution in [0.5, 0.6) is 0 Å². The second-order valence-corrected chi connectivity index (χ2v) is 8.05. The van der Waals surface area contributed by atoms with Crippen LogP contribution in [0.15, 0.2) is 35.4 Å². The van der Waals surface area contributed by atoms with Gasteiger partial charge in [0, 0.05) is 38.1 Å². The zero-order chi connectivity index (χ0) is 20.9. The third-order valence-electron chi connectivity index (χ3n) is 6.17. The van der Waals surface area contributed by atoms with Gasteiger partial charge in [0.1, 0.15) is 11.9 Å². The molecule has 0 N–H and O–H groups in total. The van der Waals surface area contributed by atoms with Gasteiger partial charge in [-0.2, -0.15) is 18.2 Å². The van der Waals surface area contributed by atoms with Crippen LogP contribution in [0.1, 0.15) is 18.4 Å². The van der Waals surface area contributed by atoms with Crippen LogP contribution in [-0.4, -0.2) is 58.6 Å². The standard InChI is InChI=1S/C20H22F3N5O2/c21-20(22,23)16-4-7-27-18(29)9-17(28-11-15-8-14(28)12-30-15)25-19(27)26(16)6-3-13-2-1-5-24-10-13/h1-2,5,9-10,14-16H,3-4,6-8,11-12H2/t14?,15?,16-/m0/s1. The Labute approximate surface area is 171 Å². The maximum absolute atomic E-state index is 13.8. The highest BCUT2D eigenvalue weighted by molar-refractivity contribution is 5.49. The van der Waals surface area contributed by atoms with Crippen molar-refractivity contribution in [2.45, 2.75) is 50.2 Å². The molecule has 3 aliphatic heterocycles. The molecular formula is C20H22F3N5O2. The molecule has 0 amide bonds. The number of rotatable bonds is 4. The Morgan fingerprint density at radius 3 is 2.83 bits per heavy atom. The number of anilines is 2. The van der Waals surface area contributed by atoms with E-state index in [1.165, 1.54) is 15.5 Å². The summed E-state index contributed by atoms with van der Waals surface area (Å²) in [6, 6.07) is 3.48. The zero-order valence-corrected chi connectivity index (χ0v) is 16.3. The third kappa shape index (κ3) is 3.42. The van der Waals surface area contributed by atoms with E-state index in [0.717, 1.165) is 12.0 Å². The molecule has 0 saturated carbocycles. The van der Waals surface area contributed by atoms with E-state index in [4.69, 9.17) is 4.74 Å². The van der Waals surface area contributed by atoms with Gasteiger partial charge in [0.25, 0.3) is 5.56 Å². The summed E-state index contributed by atoms with van der Waals surface area (Å²) in [5.41, 5.74) is 0.522. The molecule has 7 nitrogen and oxygen atoms in total. The highest BCUT2D eigenvalue weighted by Crippen LogP contribution is 2.36. The van der Waals surface area contributed by atoms with Crippen LogP contribution in [0.25, 0.3) is 0 Å². The van der Waals surface area contributed by atoms with Crippen LogP contribution in [0.4, 0.5) is 24.9 Å². The first-order valence-electron chi connectivity index (χ1n) is 10.1. The summed E-state index contributed by atoms with van der Waals surface area (Å²) < 4.78 is 48.5. The number of hydrogen-bond donors (Lipinski definition) is 0. The Morgan fingerprint density at radius 1 is 1.30 bits per heavy atom. The van der Waals surface area contributed by atoms with Crippen molar-refractivity contribution in [3.8, 4) is 0 Å². The fourth-order valence-corrected chi connectivity index (χ4v) is 4.68. The average Bonchev–Trinajstić information content (AvgIpc) is 3.35. The lowest BCUT2D eigenvalue weighted by atomic mass is 10.1. The lowest BCUT2D eigenvalue weighted by Gasteiger charge is -2.39. The van der Waals surface area contributed by atoms with Gasteiger partial charge in [-0.15, -0.1) is 0 Å². The lowest BCUT2D eigenvalue weighted by molar-refractivity contribution is -0.152. The number of fused-ring (bicyclic) bond motifs is 3. The van der Waals surface area contributed by atoms with Crippen LogP contribution < -0.4 is 15.4 Å². The number of hydrogen-bond acceptors (Lipinski definition) is 6. The van der Waals surface area contributed by atoms with Crippen molar-refractivity contribution in [1.29, 1.82) is 0 Å². The Balaban J connectivity index is 1.51. The van der Waals surface area contributed by atoms with Gasteiger partial charge in [0.2, 0.25) is 5.95 Å². The van der Waals surface area contributed by atoms with Gasteiger partial charge in [0.15, 0.2) is 0 Å². The predicted octanol–water partition coefficient (Wildman–Crippen LogP) is 2.00. The van der Waals surface area contributed by atoms with Gasteiger partial charge < -0.3 is 14.5 Å². The molecule has 3 aliphatic rings. The fraction of sp³-hybridized carbons (Fsp3) is 0.550. The van der Waals surface area contributed by atoms with Crippen LogP contribution in [0.3, 0.4) is 0 Å². The molecule has 160 valence electrons. The molecule has 0 aromatic carbocycles. The number of aromatic nitrogens is 3. The fourth-order valence-electron chi connectivity index (χ4n) is 4.68. The van der Waals surface area contributed by atoms with Gasteiger partial charge in [-0.3, -0.25) is 14.3 Å². The number of nitrogens with zero attached hydrogens (tertiary/aromatic N) is 5. The predicted molar refractivity (Wildman–Crippen MR) is 104 cm³/mol.